The molecule has 5 rings (SSSR count). The zero-order valence-corrected chi connectivity index (χ0v) is 15.0. The van der Waals surface area contributed by atoms with E-state index in [9.17, 15) is 4.79 Å². The molecule has 2 N–H and O–H groups in total. The minimum atomic E-state index is -0.109. The summed E-state index contributed by atoms with van der Waals surface area (Å²) < 4.78 is 16.1. The van der Waals surface area contributed by atoms with E-state index in [4.69, 9.17) is 14.2 Å². The molecule has 0 radical (unpaired) electrons. The van der Waals surface area contributed by atoms with E-state index in [0.29, 0.717) is 17.1 Å². The number of amides is 1. The molecule has 0 spiro atoms. The van der Waals surface area contributed by atoms with E-state index >= 15 is 0 Å². The van der Waals surface area contributed by atoms with Crippen LogP contribution in [-0.2, 0) is 6.42 Å². The van der Waals surface area contributed by atoms with Crippen molar-refractivity contribution in [2.45, 2.75) is 25.3 Å². The zero-order valence-electron chi connectivity index (χ0n) is 15.0. The number of benzene rings is 2. The maximum atomic E-state index is 12.8. The first-order chi connectivity index (χ1) is 13.2. The molecule has 0 saturated heterocycles. The third kappa shape index (κ3) is 2.68. The van der Waals surface area contributed by atoms with Gasteiger partial charge in [0, 0.05) is 22.2 Å². The van der Waals surface area contributed by atoms with Gasteiger partial charge in [0.25, 0.3) is 5.91 Å². The Bertz CT molecular complexity index is 1040. The molecule has 1 aromatic heterocycles. The van der Waals surface area contributed by atoms with E-state index < -0.39 is 0 Å². The number of nitrogens with one attached hydrogen (secondary N) is 2. The van der Waals surface area contributed by atoms with Gasteiger partial charge < -0.3 is 24.5 Å². The fourth-order valence-electron chi connectivity index (χ4n) is 3.99. The Morgan fingerprint density at radius 2 is 2.07 bits per heavy atom. The average Bonchev–Trinajstić information content (AvgIpc) is 3.31. The topological polar surface area (TPSA) is 72.6 Å². The first-order valence-corrected chi connectivity index (χ1v) is 9.12. The largest absolute Gasteiger partial charge is 0.497 e. The maximum absolute atomic E-state index is 12.8. The van der Waals surface area contributed by atoms with Crippen LogP contribution in [0, 0.1) is 0 Å². The summed E-state index contributed by atoms with van der Waals surface area (Å²) in [7, 11) is 1.68. The van der Waals surface area contributed by atoms with E-state index in [1.54, 1.807) is 25.3 Å². The minimum absolute atomic E-state index is 0.0370. The predicted octanol–water partition coefficient (Wildman–Crippen LogP) is 3.71. The number of fused-ring (bicyclic) bond motifs is 4. The van der Waals surface area contributed by atoms with E-state index in [2.05, 4.69) is 16.4 Å². The first kappa shape index (κ1) is 16.1. The van der Waals surface area contributed by atoms with Gasteiger partial charge in [-0.25, -0.2) is 0 Å². The van der Waals surface area contributed by atoms with Crippen molar-refractivity contribution in [1.82, 2.24) is 10.3 Å². The zero-order chi connectivity index (χ0) is 18.4. The summed E-state index contributed by atoms with van der Waals surface area (Å²) in [5.41, 5.74) is 4.01. The van der Waals surface area contributed by atoms with E-state index in [1.165, 1.54) is 10.9 Å². The van der Waals surface area contributed by atoms with Crippen LogP contribution in [0.3, 0.4) is 0 Å². The number of aromatic nitrogens is 1. The molecule has 1 aliphatic heterocycles. The molecule has 138 valence electrons. The summed E-state index contributed by atoms with van der Waals surface area (Å²) in [6.45, 7) is 0.199. The number of rotatable bonds is 3. The number of H-pyrrole nitrogens is 1. The lowest BCUT2D eigenvalue weighted by Gasteiger charge is -2.24. The molecule has 6 nitrogen and oxygen atoms in total. The van der Waals surface area contributed by atoms with E-state index in [-0.39, 0.29) is 18.7 Å². The number of carbonyl (C=O) groups excluding carboxylic acids is 1. The highest BCUT2D eigenvalue weighted by molar-refractivity contribution is 5.95. The highest BCUT2D eigenvalue weighted by Crippen LogP contribution is 2.37. The van der Waals surface area contributed by atoms with Crippen molar-refractivity contribution >= 4 is 16.8 Å². The first-order valence-electron chi connectivity index (χ1n) is 9.12. The van der Waals surface area contributed by atoms with Crippen LogP contribution in [-0.4, -0.2) is 24.8 Å². The number of methoxy groups -OCH3 is 1. The van der Waals surface area contributed by atoms with Crippen LogP contribution in [0.25, 0.3) is 10.9 Å². The van der Waals surface area contributed by atoms with Crippen molar-refractivity contribution in [1.29, 1.82) is 0 Å². The smallest absolute Gasteiger partial charge is 0.251 e. The van der Waals surface area contributed by atoms with Gasteiger partial charge in [-0.15, -0.1) is 0 Å². The Labute approximate surface area is 156 Å². The third-order valence-corrected chi connectivity index (χ3v) is 5.35. The molecule has 2 heterocycles. The van der Waals surface area contributed by atoms with Gasteiger partial charge in [0.05, 0.1) is 13.2 Å². The molecule has 2 aliphatic rings. The summed E-state index contributed by atoms with van der Waals surface area (Å²) >= 11 is 0. The summed E-state index contributed by atoms with van der Waals surface area (Å²) in [6.07, 6.45) is 2.94. The molecule has 3 aromatic rings. The van der Waals surface area contributed by atoms with Crippen molar-refractivity contribution in [3.63, 3.8) is 0 Å². The van der Waals surface area contributed by atoms with E-state index in [0.717, 1.165) is 36.2 Å². The Hall–Kier alpha value is -3.15. The number of hydrogen-bond acceptors (Lipinski definition) is 4. The fraction of sp³-hybridized carbons (Fsp3) is 0.286. The van der Waals surface area contributed by atoms with Crippen molar-refractivity contribution in [3.8, 4) is 17.2 Å². The van der Waals surface area contributed by atoms with E-state index in [1.807, 2.05) is 12.1 Å². The summed E-state index contributed by atoms with van der Waals surface area (Å²) in [5, 5.41) is 4.35. The molecule has 2 aromatic carbocycles. The van der Waals surface area contributed by atoms with Crippen molar-refractivity contribution < 1.29 is 19.0 Å². The second-order valence-corrected chi connectivity index (χ2v) is 6.92. The van der Waals surface area contributed by atoms with Crippen LogP contribution in [0.1, 0.15) is 40.5 Å². The highest BCUT2D eigenvalue weighted by atomic mass is 16.7. The van der Waals surface area contributed by atoms with Gasteiger partial charge >= 0.3 is 0 Å². The quantitative estimate of drug-likeness (QED) is 0.743. The monoisotopic (exact) mass is 364 g/mol. The molecule has 1 amide bonds. The van der Waals surface area contributed by atoms with Crippen LogP contribution in [0.4, 0.5) is 0 Å². The van der Waals surface area contributed by atoms with Gasteiger partial charge in [-0.2, -0.15) is 0 Å². The summed E-state index contributed by atoms with van der Waals surface area (Å²) in [6, 6.07) is 11.3. The van der Waals surface area contributed by atoms with Crippen LogP contribution in [0.5, 0.6) is 17.2 Å². The summed E-state index contributed by atoms with van der Waals surface area (Å²) in [5.74, 6) is 2.03. The lowest BCUT2D eigenvalue weighted by atomic mass is 9.91. The lowest BCUT2D eigenvalue weighted by Crippen LogP contribution is -2.31. The van der Waals surface area contributed by atoms with Gasteiger partial charge in [0.2, 0.25) is 6.79 Å². The molecular formula is C21H20N2O4. The number of hydrogen-bond donors (Lipinski definition) is 2. The van der Waals surface area contributed by atoms with Crippen LogP contribution in [0.15, 0.2) is 36.4 Å². The van der Waals surface area contributed by atoms with Crippen LogP contribution >= 0.6 is 0 Å². The Kier molecular flexibility index (Phi) is 3.70. The van der Waals surface area contributed by atoms with Crippen molar-refractivity contribution in [2.24, 2.45) is 0 Å². The molecule has 1 atom stereocenters. The van der Waals surface area contributed by atoms with Gasteiger partial charge in [-0.1, -0.05) is 0 Å². The second kappa shape index (κ2) is 6.23. The predicted molar refractivity (Wildman–Crippen MR) is 101 cm³/mol. The molecule has 1 aliphatic carbocycles. The van der Waals surface area contributed by atoms with Crippen LogP contribution < -0.4 is 19.5 Å². The lowest BCUT2D eigenvalue weighted by molar-refractivity contribution is 0.0931. The highest BCUT2D eigenvalue weighted by Gasteiger charge is 2.26. The third-order valence-electron chi connectivity index (χ3n) is 5.35. The SMILES string of the molecule is COc1ccc2[nH]c3c(c2c1)CCC[C@@H]3NC(=O)c1ccc2c(c1)OCO2. The number of ether oxygens (including phenoxy) is 3. The number of aryl methyl sites for hydroxylation is 1. The number of aromatic amines is 1. The normalized spacial score (nSPS) is 17.6. The molecule has 6 heteroatoms. The van der Waals surface area contributed by atoms with Gasteiger partial charge in [-0.3, -0.25) is 4.79 Å². The van der Waals surface area contributed by atoms with Gasteiger partial charge in [-0.05, 0) is 61.2 Å². The molecule has 0 fully saturated rings. The fourth-order valence-corrected chi connectivity index (χ4v) is 3.99. The second-order valence-electron chi connectivity index (χ2n) is 6.92. The maximum Gasteiger partial charge on any atom is 0.251 e. The molecule has 0 unspecified atom stereocenters. The Morgan fingerprint density at radius 1 is 1.19 bits per heavy atom. The summed E-state index contributed by atoms with van der Waals surface area (Å²) in [4.78, 5) is 16.3. The Morgan fingerprint density at radius 3 is 2.96 bits per heavy atom. The molecule has 0 bridgehead atoms. The molecule has 0 saturated carbocycles. The standard InChI is InChI=1S/C21H20N2O4/c1-25-13-6-7-16-15(10-13)14-3-2-4-17(20(14)22-16)23-21(24)12-5-8-18-19(9-12)27-11-26-18/h5-10,17,22H,2-4,11H2,1H3,(H,23,24)/t17-/m0/s1. The van der Waals surface area contributed by atoms with Gasteiger partial charge in [0.15, 0.2) is 11.5 Å². The van der Waals surface area contributed by atoms with Crippen molar-refractivity contribution in [2.75, 3.05) is 13.9 Å². The van der Waals surface area contributed by atoms with Crippen molar-refractivity contribution in [3.05, 3.63) is 53.2 Å². The van der Waals surface area contributed by atoms with Gasteiger partial charge in [0.1, 0.15) is 5.75 Å². The Balaban J connectivity index is 1.44. The van der Waals surface area contributed by atoms with Crippen LogP contribution in [0.2, 0.25) is 0 Å². The number of carbonyl (C=O) groups is 1. The average molecular weight is 364 g/mol. The minimum Gasteiger partial charge on any atom is -0.497 e. The molecule has 27 heavy (non-hydrogen) atoms. The molecular weight excluding hydrogens is 344 g/mol.